The van der Waals surface area contributed by atoms with Crippen LogP contribution in [-0.4, -0.2) is 10.9 Å². The summed E-state index contributed by atoms with van der Waals surface area (Å²) in [4.78, 5) is 11.3. The third kappa shape index (κ3) is 2.58. The molecule has 0 heterocycles. The average molecular weight is 278 g/mol. The van der Waals surface area contributed by atoms with Gasteiger partial charge in [-0.05, 0) is 43.3 Å². The molecule has 104 valence electrons. The lowest BCUT2D eigenvalue weighted by Crippen LogP contribution is -1.91. The van der Waals surface area contributed by atoms with E-state index in [4.69, 9.17) is 4.74 Å². The lowest BCUT2D eigenvalue weighted by atomic mass is 10.1. The van der Waals surface area contributed by atoms with Crippen molar-refractivity contribution < 1.29 is 14.6 Å². The summed E-state index contributed by atoms with van der Waals surface area (Å²) in [5.41, 5.74) is 0.651. The van der Waals surface area contributed by atoms with Gasteiger partial charge in [-0.2, -0.15) is 0 Å². The van der Waals surface area contributed by atoms with E-state index < -0.39 is 0 Å². The average Bonchev–Trinajstić information content (AvgIpc) is 2.49. The molecule has 1 N–H and O–H groups in total. The van der Waals surface area contributed by atoms with Gasteiger partial charge in [0.1, 0.15) is 17.2 Å². The van der Waals surface area contributed by atoms with Crippen LogP contribution in [0, 0.1) is 0 Å². The third-order valence-corrected chi connectivity index (χ3v) is 3.35. The smallest absolute Gasteiger partial charge is 0.159 e. The lowest BCUT2D eigenvalue weighted by Gasteiger charge is -2.10. The van der Waals surface area contributed by atoms with E-state index >= 15 is 0 Å². The molecule has 3 aromatic carbocycles. The van der Waals surface area contributed by atoms with Crippen LogP contribution >= 0.6 is 0 Å². The topological polar surface area (TPSA) is 46.5 Å². The van der Waals surface area contributed by atoms with Crippen LogP contribution in [0.2, 0.25) is 0 Å². The molecule has 0 bridgehead atoms. The maximum Gasteiger partial charge on any atom is 0.159 e. The van der Waals surface area contributed by atoms with Crippen molar-refractivity contribution in [3.8, 4) is 17.2 Å². The summed E-state index contributed by atoms with van der Waals surface area (Å²) in [7, 11) is 0. The predicted octanol–water partition coefficient (Wildman–Crippen LogP) is 4.54. The number of benzene rings is 3. The minimum Gasteiger partial charge on any atom is -0.507 e. The van der Waals surface area contributed by atoms with Crippen LogP contribution in [0.25, 0.3) is 10.8 Å². The second-order valence-electron chi connectivity index (χ2n) is 4.81. The summed E-state index contributed by atoms with van der Waals surface area (Å²) < 4.78 is 5.86. The Hall–Kier alpha value is -2.81. The first kappa shape index (κ1) is 13.2. The van der Waals surface area contributed by atoms with Crippen LogP contribution in [0.15, 0.2) is 60.7 Å². The fourth-order valence-electron chi connectivity index (χ4n) is 2.24. The first-order chi connectivity index (χ1) is 10.1. The number of carbonyl (C=O) groups excluding carboxylic acids is 1. The summed E-state index contributed by atoms with van der Waals surface area (Å²) in [5.74, 6) is 1.57. The van der Waals surface area contributed by atoms with Crippen LogP contribution in [0.3, 0.4) is 0 Å². The molecule has 0 radical (unpaired) electrons. The second kappa shape index (κ2) is 5.29. The van der Waals surface area contributed by atoms with Gasteiger partial charge >= 0.3 is 0 Å². The molecule has 0 aromatic heterocycles. The van der Waals surface area contributed by atoms with Crippen LogP contribution in [-0.2, 0) is 0 Å². The van der Waals surface area contributed by atoms with Crippen LogP contribution in [0.4, 0.5) is 0 Å². The van der Waals surface area contributed by atoms with E-state index in [1.165, 1.54) is 6.92 Å². The van der Waals surface area contributed by atoms with Crippen molar-refractivity contribution in [2.75, 3.05) is 0 Å². The molecule has 0 saturated carbocycles. The van der Waals surface area contributed by atoms with E-state index in [-0.39, 0.29) is 11.5 Å². The number of rotatable bonds is 3. The Bertz CT molecular complexity index is 804. The highest BCUT2D eigenvalue weighted by molar-refractivity contribution is 5.94. The highest BCUT2D eigenvalue weighted by atomic mass is 16.5. The van der Waals surface area contributed by atoms with Crippen molar-refractivity contribution in [1.82, 2.24) is 0 Å². The van der Waals surface area contributed by atoms with Gasteiger partial charge in [-0.15, -0.1) is 0 Å². The monoisotopic (exact) mass is 278 g/mol. The Balaban J connectivity index is 1.98. The van der Waals surface area contributed by atoms with E-state index in [1.54, 1.807) is 36.4 Å². The molecular weight excluding hydrogens is 264 g/mol. The molecule has 0 unspecified atom stereocenters. The van der Waals surface area contributed by atoms with E-state index in [0.29, 0.717) is 17.1 Å². The van der Waals surface area contributed by atoms with Gasteiger partial charge < -0.3 is 9.84 Å². The van der Waals surface area contributed by atoms with Crippen molar-refractivity contribution in [1.29, 1.82) is 0 Å². The largest absolute Gasteiger partial charge is 0.507 e. The molecule has 3 heteroatoms. The Labute approximate surface area is 122 Å². The van der Waals surface area contributed by atoms with Crippen LogP contribution in [0.1, 0.15) is 17.3 Å². The summed E-state index contributed by atoms with van der Waals surface area (Å²) in [6, 6.07) is 17.8. The first-order valence-corrected chi connectivity index (χ1v) is 6.65. The summed E-state index contributed by atoms with van der Waals surface area (Å²) in [5, 5.41) is 11.5. The Morgan fingerprint density at radius 2 is 1.57 bits per heavy atom. The highest BCUT2D eigenvalue weighted by Crippen LogP contribution is 2.33. The molecule has 0 saturated heterocycles. The number of ether oxygens (including phenoxy) is 1. The normalized spacial score (nSPS) is 10.5. The van der Waals surface area contributed by atoms with Crippen molar-refractivity contribution in [2.24, 2.45) is 0 Å². The van der Waals surface area contributed by atoms with Crippen LogP contribution < -0.4 is 4.74 Å². The molecule has 0 aliphatic rings. The third-order valence-electron chi connectivity index (χ3n) is 3.35. The molecule has 0 spiro atoms. The quantitative estimate of drug-likeness (QED) is 0.715. The maximum absolute atomic E-state index is 11.3. The number of Topliss-reactive ketones (excluding diaryl/α,β-unsaturated/α-hetero) is 1. The molecule has 3 aromatic rings. The number of fused-ring (bicyclic) bond motifs is 1. The summed E-state index contributed by atoms with van der Waals surface area (Å²) in [6.07, 6.45) is 0. The van der Waals surface area contributed by atoms with Gasteiger partial charge in [0.15, 0.2) is 5.78 Å². The van der Waals surface area contributed by atoms with Gasteiger partial charge in [0.05, 0.1) is 0 Å². The Morgan fingerprint density at radius 3 is 2.29 bits per heavy atom. The van der Waals surface area contributed by atoms with E-state index in [1.807, 2.05) is 24.3 Å². The fourth-order valence-corrected chi connectivity index (χ4v) is 2.24. The maximum atomic E-state index is 11.3. The second-order valence-corrected chi connectivity index (χ2v) is 4.81. The zero-order chi connectivity index (χ0) is 14.8. The number of hydrogen-bond acceptors (Lipinski definition) is 3. The van der Waals surface area contributed by atoms with Gasteiger partial charge in [-0.25, -0.2) is 0 Å². The standard InChI is InChI=1S/C18H14O3/c1-12(19)13-8-10-14(11-9-13)21-18-7-3-4-15-16(18)5-2-6-17(15)20/h2-11,20H,1H3. The summed E-state index contributed by atoms with van der Waals surface area (Å²) in [6.45, 7) is 1.53. The number of ketones is 1. The molecule has 3 rings (SSSR count). The van der Waals surface area contributed by atoms with Crippen molar-refractivity contribution in [3.63, 3.8) is 0 Å². The number of aromatic hydroxyl groups is 1. The van der Waals surface area contributed by atoms with Gasteiger partial charge in [-0.3, -0.25) is 4.79 Å². The number of hydrogen-bond donors (Lipinski definition) is 1. The molecule has 0 aliphatic carbocycles. The minimum absolute atomic E-state index is 0.0247. The first-order valence-electron chi connectivity index (χ1n) is 6.65. The molecule has 0 amide bonds. The molecule has 21 heavy (non-hydrogen) atoms. The molecule has 0 atom stereocenters. The molecule has 0 aliphatic heterocycles. The van der Waals surface area contributed by atoms with Gasteiger partial charge in [0.25, 0.3) is 0 Å². The predicted molar refractivity (Wildman–Crippen MR) is 82.1 cm³/mol. The fraction of sp³-hybridized carbons (Fsp3) is 0.0556. The number of phenols is 1. The van der Waals surface area contributed by atoms with Gasteiger partial charge in [0, 0.05) is 16.3 Å². The zero-order valence-corrected chi connectivity index (χ0v) is 11.5. The molecule has 3 nitrogen and oxygen atoms in total. The minimum atomic E-state index is 0.0247. The van der Waals surface area contributed by atoms with Crippen molar-refractivity contribution in [2.45, 2.75) is 6.92 Å². The Kier molecular flexibility index (Phi) is 3.32. The van der Waals surface area contributed by atoms with Crippen molar-refractivity contribution in [3.05, 3.63) is 66.2 Å². The lowest BCUT2D eigenvalue weighted by molar-refractivity contribution is 0.101. The van der Waals surface area contributed by atoms with Crippen LogP contribution in [0.5, 0.6) is 17.2 Å². The number of carbonyl (C=O) groups is 1. The highest BCUT2D eigenvalue weighted by Gasteiger charge is 2.06. The van der Waals surface area contributed by atoms with E-state index in [2.05, 4.69) is 0 Å². The van der Waals surface area contributed by atoms with E-state index in [9.17, 15) is 9.90 Å². The van der Waals surface area contributed by atoms with E-state index in [0.717, 1.165) is 10.8 Å². The van der Waals surface area contributed by atoms with Gasteiger partial charge in [-0.1, -0.05) is 24.3 Å². The Morgan fingerprint density at radius 1 is 0.905 bits per heavy atom. The molecule has 0 fully saturated rings. The van der Waals surface area contributed by atoms with Gasteiger partial charge in [0.2, 0.25) is 0 Å². The number of phenolic OH excluding ortho intramolecular Hbond substituents is 1. The summed E-state index contributed by atoms with van der Waals surface area (Å²) >= 11 is 0. The zero-order valence-electron chi connectivity index (χ0n) is 11.5. The molecular formula is C18H14O3. The SMILES string of the molecule is CC(=O)c1ccc(Oc2cccc3c(O)cccc23)cc1. The van der Waals surface area contributed by atoms with Crippen molar-refractivity contribution >= 4 is 16.6 Å².